The van der Waals surface area contributed by atoms with Crippen LogP contribution in [0.1, 0.15) is 20.3 Å². The molecule has 0 aliphatic rings. The lowest BCUT2D eigenvalue weighted by molar-refractivity contribution is -0.137. The van der Waals surface area contributed by atoms with E-state index in [-0.39, 0.29) is 24.0 Å². The van der Waals surface area contributed by atoms with Crippen LogP contribution in [-0.2, 0) is 14.8 Å². The summed E-state index contributed by atoms with van der Waals surface area (Å²) in [6, 6.07) is -0.317. The molecule has 0 radical (unpaired) electrons. The quantitative estimate of drug-likeness (QED) is 0.765. The largest absolute Gasteiger partial charge is 0.481 e. The molecule has 0 saturated carbocycles. The summed E-state index contributed by atoms with van der Waals surface area (Å²) in [5.41, 5.74) is 0. The second-order valence-corrected chi connectivity index (χ2v) is 5.63. The predicted octanol–water partition coefficient (Wildman–Crippen LogP) is 0.283. The Hall–Kier alpha value is -1.41. The molecule has 0 spiro atoms. The number of hydrogen-bond donors (Lipinski definition) is 2. The van der Waals surface area contributed by atoms with E-state index >= 15 is 0 Å². The van der Waals surface area contributed by atoms with Gasteiger partial charge in [0.15, 0.2) is 5.03 Å². The minimum Gasteiger partial charge on any atom is -0.481 e. The Bertz CT molecular complexity index is 466. The summed E-state index contributed by atoms with van der Waals surface area (Å²) in [6.45, 7) is 3.32. The summed E-state index contributed by atoms with van der Waals surface area (Å²) in [5.74, 6) is -1.03. The van der Waals surface area contributed by atoms with Crippen LogP contribution >= 0.6 is 0 Å². The van der Waals surface area contributed by atoms with E-state index in [0.29, 0.717) is 0 Å². The standard InChI is InChI=1S/C9H15N3O4S/c1-7(2)12(4-3-9(13)14)17(15,16)8-5-10-6-11-8/h5-7H,3-4H2,1-2H3,(H,10,11)(H,13,14). The molecule has 0 bridgehead atoms. The van der Waals surface area contributed by atoms with Gasteiger partial charge in [0, 0.05) is 12.6 Å². The molecule has 1 heterocycles. The number of aliphatic carboxylic acids is 1. The fourth-order valence-corrected chi connectivity index (χ4v) is 2.91. The third-order valence-electron chi connectivity index (χ3n) is 2.18. The summed E-state index contributed by atoms with van der Waals surface area (Å²) < 4.78 is 25.4. The summed E-state index contributed by atoms with van der Waals surface area (Å²) in [6.07, 6.45) is 2.24. The van der Waals surface area contributed by atoms with E-state index in [2.05, 4.69) is 9.97 Å². The Morgan fingerprint density at radius 2 is 2.24 bits per heavy atom. The van der Waals surface area contributed by atoms with Gasteiger partial charge in [-0.05, 0) is 13.8 Å². The number of rotatable bonds is 6. The molecule has 0 saturated heterocycles. The van der Waals surface area contributed by atoms with E-state index in [9.17, 15) is 13.2 Å². The molecular weight excluding hydrogens is 246 g/mol. The number of aromatic nitrogens is 2. The minimum atomic E-state index is -3.70. The summed E-state index contributed by atoms with van der Waals surface area (Å²) in [5, 5.41) is 8.57. The molecule has 1 aromatic heterocycles. The smallest absolute Gasteiger partial charge is 0.304 e. The summed E-state index contributed by atoms with van der Waals surface area (Å²) in [4.78, 5) is 16.7. The van der Waals surface area contributed by atoms with E-state index in [1.807, 2.05) is 0 Å². The highest BCUT2D eigenvalue weighted by Crippen LogP contribution is 2.15. The van der Waals surface area contributed by atoms with Crippen molar-refractivity contribution in [2.45, 2.75) is 31.3 Å². The molecule has 17 heavy (non-hydrogen) atoms. The van der Waals surface area contributed by atoms with Crippen molar-refractivity contribution in [2.75, 3.05) is 6.54 Å². The SMILES string of the molecule is CC(C)N(CCC(=O)O)S(=O)(=O)c1cnc[nH]1. The van der Waals surface area contributed by atoms with Gasteiger partial charge in [-0.3, -0.25) is 4.79 Å². The van der Waals surface area contributed by atoms with Gasteiger partial charge in [-0.2, -0.15) is 4.31 Å². The number of carboxylic acids is 1. The van der Waals surface area contributed by atoms with Gasteiger partial charge in [-0.25, -0.2) is 13.4 Å². The van der Waals surface area contributed by atoms with Crippen LogP contribution in [0.5, 0.6) is 0 Å². The molecule has 96 valence electrons. The Balaban J connectivity index is 2.95. The minimum absolute atomic E-state index is 0.0309. The Labute approximate surface area is 99.5 Å². The van der Waals surface area contributed by atoms with Gasteiger partial charge in [0.05, 0.1) is 18.9 Å². The third-order valence-corrected chi connectivity index (χ3v) is 4.18. The molecule has 0 atom stereocenters. The second kappa shape index (κ2) is 5.28. The average Bonchev–Trinajstić information content (AvgIpc) is 2.69. The number of hydrogen-bond acceptors (Lipinski definition) is 4. The summed E-state index contributed by atoms with van der Waals surface area (Å²) >= 11 is 0. The molecule has 0 aliphatic carbocycles. The third kappa shape index (κ3) is 3.27. The van der Waals surface area contributed by atoms with E-state index in [4.69, 9.17) is 5.11 Å². The average molecular weight is 261 g/mol. The number of nitrogens with one attached hydrogen (secondary N) is 1. The first-order valence-electron chi connectivity index (χ1n) is 5.07. The first kappa shape index (κ1) is 13.7. The van der Waals surface area contributed by atoms with Crippen LogP contribution < -0.4 is 0 Å². The molecule has 7 nitrogen and oxygen atoms in total. The Kier molecular flexibility index (Phi) is 4.24. The number of imidazole rings is 1. The summed E-state index contributed by atoms with van der Waals surface area (Å²) in [7, 11) is -3.70. The highest BCUT2D eigenvalue weighted by molar-refractivity contribution is 7.89. The molecule has 8 heteroatoms. The highest BCUT2D eigenvalue weighted by Gasteiger charge is 2.28. The maximum Gasteiger partial charge on any atom is 0.304 e. The molecule has 0 unspecified atom stereocenters. The van der Waals surface area contributed by atoms with Crippen LogP contribution in [0.25, 0.3) is 0 Å². The highest BCUT2D eigenvalue weighted by atomic mass is 32.2. The predicted molar refractivity (Wildman–Crippen MR) is 59.9 cm³/mol. The van der Waals surface area contributed by atoms with Crippen molar-refractivity contribution in [1.29, 1.82) is 0 Å². The van der Waals surface area contributed by atoms with Gasteiger partial charge in [-0.15, -0.1) is 0 Å². The fraction of sp³-hybridized carbons (Fsp3) is 0.556. The van der Waals surface area contributed by atoms with E-state index in [0.717, 1.165) is 4.31 Å². The number of aromatic amines is 1. The molecule has 0 amide bonds. The maximum absolute atomic E-state index is 12.1. The van der Waals surface area contributed by atoms with E-state index < -0.39 is 16.0 Å². The first-order valence-corrected chi connectivity index (χ1v) is 6.51. The zero-order chi connectivity index (χ0) is 13.1. The van der Waals surface area contributed by atoms with Gasteiger partial charge in [0.2, 0.25) is 0 Å². The van der Waals surface area contributed by atoms with Crippen molar-refractivity contribution in [3.8, 4) is 0 Å². The van der Waals surface area contributed by atoms with Crippen molar-refractivity contribution in [3.05, 3.63) is 12.5 Å². The molecule has 2 N–H and O–H groups in total. The fourth-order valence-electron chi connectivity index (χ4n) is 1.37. The van der Waals surface area contributed by atoms with Crippen molar-refractivity contribution < 1.29 is 18.3 Å². The maximum atomic E-state index is 12.1. The van der Waals surface area contributed by atoms with E-state index in [1.165, 1.54) is 12.5 Å². The lowest BCUT2D eigenvalue weighted by Crippen LogP contribution is -2.38. The molecule has 1 rings (SSSR count). The van der Waals surface area contributed by atoms with Crippen molar-refractivity contribution >= 4 is 16.0 Å². The normalized spacial score (nSPS) is 12.2. The van der Waals surface area contributed by atoms with Crippen LogP contribution in [-0.4, -0.2) is 46.4 Å². The monoisotopic (exact) mass is 261 g/mol. The van der Waals surface area contributed by atoms with Gasteiger partial charge in [0.1, 0.15) is 0 Å². The molecular formula is C9H15N3O4S. The second-order valence-electron chi connectivity index (χ2n) is 3.77. The van der Waals surface area contributed by atoms with Crippen LogP contribution in [0.3, 0.4) is 0 Å². The molecule has 1 aromatic rings. The van der Waals surface area contributed by atoms with Gasteiger partial charge in [-0.1, -0.05) is 0 Å². The van der Waals surface area contributed by atoms with Crippen LogP contribution in [0.4, 0.5) is 0 Å². The lowest BCUT2D eigenvalue weighted by Gasteiger charge is -2.24. The number of carboxylic acid groups (broad SMARTS) is 1. The molecule has 0 aromatic carbocycles. The molecule has 0 aliphatic heterocycles. The van der Waals surface area contributed by atoms with Crippen molar-refractivity contribution in [3.63, 3.8) is 0 Å². The zero-order valence-electron chi connectivity index (χ0n) is 9.62. The molecule has 0 fully saturated rings. The van der Waals surface area contributed by atoms with Gasteiger partial charge in [0.25, 0.3) is 10.0 Å². The number of H-pyrrole nitrogens is 1. The Morgan fingerprint density at radius 3 is 2.65 bits per heavy atom. The number of nitrogens with zero attached hydrogens (tertiary/aromatic N) is 2. The first-order chi connectivity index (χ1) is 7.85. The van der Waals surface area contributed by atoms with Crippen LogP contribution in [0.2, 0.25) is 0 Å². The van der Waals surface area contributed by atoms with Crippen LogP contribution in [0, 0.1) is 0 Å². The lowest BCUT2D eigenvalue weighted by atomic mass is 10.3. The van der Waals surface area contributed by atoms with Gasteiger partial charge >= 0.3 is 5.97 Å². The van der Waals surface area contributed by atoms with Crippen LogP contribution in [0.15, 0.2) is 17.6 Å². The number of sulfonamides is 1. The topological polar surface area (TPSA) is 103 Å². The van der Waals surface area contributed by atoms with Crippen molar-refractivity contribution in [2.24, 2.45) is 0 Å². The van der Waals surface area contributed by atoms with E-state index in [1.54, 1.807) is 13.8 Å². The Morgan fingerprint density at radius 1 is 1.59 bits per heavy atom. The zero-order valence-corrected chi connectivity index (χ0v) is 10.4. The van der Waals surface area contributed by atoms with Gasteiger partial charge < -0.3 is 10.1 Å². The van der Waals surface area contributed by atoms with Crippen molar-refractivity contribution in [1.82, 2.24) is 14.3 Å². The number of carbonyl (C=O) groups is 1.